The lowest BCUT2D eigenvalue weighted by atomic mass is 10.2. The van der Waals surface area contributed by atoms with Gasteiger partial charge < -0.3 is 0 Å². The quantitative estimate of drug-likeness (QED) is 0.750. The predicted octanol–water partition coefficient (Wildman–Crippen LogP) is 2.24. The van der Waals surface area contributed by atoms with Gasteiger partial charge in [0.15, 0.2) is 0 Å². The molecule has 0 amide bonds. The minimum absolute atomic E-state index is 0.110. The van der Waals surface area contributed by atoms with Gasteiger partial charge in [-0.1, -0.05) is 22.0 Å². The van der Waals surface area contributed by atoms with E-state index in [-0.39, 0.29) is 5.56 Å². The van der Waals surface area contributed by atoms with E-state index < -0.39 is 0 Å². The molecule has 2 heterocycles. The summed E-state index contributed by atoms with van der Waals surface area (Å²) in [5.74, 6) is 0.934. The van der Waals surface area contributed by atoms with Crippen LogP contribution in [0.25, 0.3) is 10.9 Å². The van der Waals surface area contributed by atoms with Crippen LogP contribution < -0.4 is 5.56 Å². The first kappa shape index (κ1) is 10.0. The van der Waals surface area contributed by atoms with Crippen LogP contribution in [-0.4, -0.2) is 9.55 Å². The van der Waals surface area contributed by atoms with E-state index in [9.17, 15) is 4.79 Å². The molecule has 0 saturated carbocycles. The van der Waals surface area contributed by atoms with Gasteiger partial charge in [0, 0.05) is 18.3 Å². The first-order valence-electron chi connectivity index (χ1n) is 5.38. The van der Waals surface area contributed by atoms with Crippen LogP contribution in [0, 0.1) is 0 Å². The van der Waals surface area contributed by atoms with Gasteiger partial charge in [-0.05, 0) is 24.1 Å². The second kappa shape index (κ2) is 3.70. The Morgan fingerprint density at radius 1 is 1.44 bits per heavy atom. The van der Waals surface area contributed by atoms with Crippen molar-refractivity contribution in [1.29, 1.82) is 0 Å². The Labute approximate surface area is 101 Å². The second-order valence-corrected chi connectivity index (χ2v) is 4.63. The monoisotopic (exact) mass is 278 g/mol. The van der Waals surface area contributed by atoms with Crippen LogP contribution in [-0.2, 0) is 18.3 Å². The maximum atomic E-state index is 12.1. The summed E-state index contributed by atoms with van der Waals surface area (Å²) >= 11 is 3.41. The van der Waals surface area contributed by atoms with Crippen molar-refractivity contribution in [2.24, 2.45) is 0 Å². The summed E-state index contributed by atoms with van der Waals surface area (Å²) in [6, 6.07) is 5.85. The van der Waals surface area contributed by atoms with E-state index in [0.29, 0.717) is 0 Å². The fourth-order valence-corrected chi connectivity index (χ4v) is 2.56. The third-order valence-electron chi connectivity index (χ3n) is 3.04. The summed E-state index contributed by atoms with van der Waals surface area (Å²) in [6.07, 6.45) is 1.95. The molecule has 1 aliphatic heterocycles. The van der Waals surface area contributed by atoms with Gasteiger partial charge in [0.2, 0.25) is 0 Å². The summed E-state index contributed by atoms with van der Waals surface area (Å²) in [7, 11) is 0. The average molecular weight is 279 g/mol. The number of aryl methyl sites for hydroxylation is 1. The van der Waals surface area contributed by atoms with Gasteiger partial charge in [-0.25, -0.2) is 4.98 Å². The van der Waals surface area contributed by atoms with Crippen LogP contribution in [0.2, 0.25) is 0 Å². The van der Waals surface area contributed by atoms with Gasteiger partial charge in [-0.15, -0.1) is 0 Å². The normalized spacial score (nSPS) is 14.3. The first-order valence-corrected chi connectivity index (χ1v) is 6.50. The van der Waals surface area contributed by atoms with E-state index >= 15 is 0 Å². The summed E-state index contributed by atoms with van der Waals surface area (Å²) in [6.45, 7) is 0.817. The third-order valence-corrected chi connectivity index (χ3v) is 3.68. The molecule has 82 valence electrons. The van der Waals surface area contributed by atoms with Crippen molar-refractivity contribution in [3.05, 3.63) is 39.9 Å². The van der Waals surface area contributed by atoms with Crippen molar-refractivity contribution in [1.82, 2.24) is 9.55 Å². The van der Waals surface area contributed by atoms with Crippen LogP contribution in [0.5, 0.6) is 0 Å². The van der Waals surface area contributed by atoms with Crippen molar-refractivity contribution in [3.63, 3.8) is 0 Å². The topological polar surface area (TPSA) is 34.9 Å². The van der Waals surface area contributed by atoms with E-state index in [1.807, 2.05) is 18.2 Å². The molecule has 0 aliphatic carbocycles. The molecule has 0 atom stereocenters. The third kappa shape index (κ3) is 1.40. The molecular formula is C12H11BrN2O. The van der Waals surface area contributed by atoms with Gasteiger partial charge in [0.05, 0.1) is 10.9 Å². The highest BCUT2D eigenvalue weighted by Gasteiger charge is 2.15. The summed E-state index contributed by atoms with van der Waals surface area (Å²) in [5, 5.41) is 1.53. The number of hydrogen-bond acceptors (Lipinski definition) is 2. The molecule has 0 spiro atoms. The molecule has 0 bridgehead atoms. The summed E-state index contributed by atoms with van der Waals surface area (Å²) < 4.78 is 1.80. The van der Waals surface area contributed by atoms with Crippen LogP contribution in [0.4, 0.5) is 0 Å². The molecule has 0 radical (unpaired) electrons. The molecular weight excluding hydrogens is 268 g/mol. The van der Waals surface area contributed by atoms with Crippen molar-refractivity contribution in [3.8, 4) is 0 Å². The van der Waals surface area contributed by atoms with E-state index in [4.69, 9.17) is 0 Å². The van der Waals surface area contributed by atoms with Crippen LogP contribution >= 0.6 is 15.9 Å². The Morgan fingerprint density at radius 2 is 2.31 bits per heavy atom. The highest BCUT2D eigenvalue weighted by molar-refractivity contribution is 9.08. The zero-order valence-electron chi connectivity index (χ0n) is 8.74. The SMILES string of the molecule is O=c1c2ccc(CBr)cc2nc2n1CCC2. The Hall–Kier alpha value is -1.16. The van der Waals surface area contributed by atoms with Gasteiger partial charge in [0.25, 0.3) is 5.56 Å². The Bertz CT molecular complexity index is 618. The van der Waals surface area contributed by atoms with Crippen molar-refractivity contribution in [2.75, 3.05) is 0 Å². The Morgan fingerprint density at radius 3 is 3.12 bits per heavy atom. The molecule has 16 heavy (non-hydrogen) atoms. The second-order valence-electron chi connectivity index (χ2n) is 4.07. The van der Waals surface area contributed by atoms with Gasteiger partial charge >= 0.3 is 0 Å². The summed E-state index contributed by atoms with van der Waals surface area (Å²) in [4.78, 5) is 16.7. The fourth-order valence-electron chi connectivity index (χ4n) is 2.21. The number of alkyl halides is 1. The maximum absolute atomic E-state index is 12.1. The largest absolute Gasteiger partial charge is 0.296 e. The highest BCUT2D eigenvalue weighted by atomic mass is 79.9. The molecule has 0 N–H and O–H groups in total. The Kier molecular flexibility index (Phi) is 2.32. The number of hydrogen-bond donors (Lipinski definition) is 0. The average Bonchev–Trinajstić information content (AvgIpc) is 2.77. The number of halogens is 1. The van der Waals surface area contributed by atoms with Gasteiger partial charge in [0.1, 0.15) is 5.82 Å². The molecule has 3 nitrogen and oxygen atoms in total. The standard InChI is InChI=1S/C12H11BrN2O/c13-7-8-3-4-9-10(6-8)14-11-2-1-5-15(11)12(9)16/h3-4,6H,1-2,5,7H2. The first-order chi connectivity index (χ1) is 7.79. The van der Waals surface area contributed by atoms with Crippen molar-refractivity contribution >= 4 is 26.8 Å². The molecule has 1 aliphatic rings. The molecule has 1 aromatic heterocycles. The molecule has 0 fully saturated rings. The molecule has 3 rings (SSSR count). The van der Waals surface area contributed by atoms with E-state index in [2.05, 4.69) is 20.9 Å². The highest BCUT2D eigenvalue weighted by Crippen LogP contribution is 2.17. The molecule has 1 aromatic carbocycles. The number of benzene rings is 1. The molecule has 0 saturated heterocycles. The van der Waals surface area contributed by atoms with Crippen molar-refractivity contribution in [2.45, 2.75) is 24.7 Å². The molecule has 2 aromatic rings. The fraction of sp³-hybridized carbons (Fsp3) is 0.333. The lowest BCUT2D eigenvalue weighted by Crippen LogP contribution is -2.20. The van der Waals surface area contributed by atoms with Crippen LogP contribution in [0.15, 0.2) is 23.0 Å². The maximum Gasteiger partial charge on any atom is 0.261 e. The van der Waals surface area contributed by atoms with E-state index in [0.717, 1.165) is 47.0 Å². The van der Waals surface area contributed by atoms with Gasteiger partial charge in [-0.3, -0.25) is 9.36 Å². The molecule has 4 heteroatoms. The minimum Gasteiger partial charge on any atom is -0.296 e. The number of nitrogens with zero attached hydrogens (tertiary/aromatic N) is 2. The smallest absolute Gasteiger partial charge is 0.261 e. The predicted molar refractivity (Wildman–Crippen MR) is 67.0 cm³/mol. The number of fused-ring (bicyclic) bond motifs is 2. The van der Waals surface area contributed by atoms with E-state index in [1.165, 1.54) is 0 Å². The van der Waals surface area contributed by atoms with Crippen LogP contribution in [0.3, 0.4) is 0 Å². The van der Waals surface area contributed by atoms with Gasteiger partial charge in [-0.2, -0.15) is 0 Å². The summed E-state index contributed by atoms with van der Waals surface area (Å²) in [5.41, 5.74) is 2.09. The lowest BCUT2D eigenvalue weighted by molar-refractivity contribution is 0.719. The zero-order valence-corrected chi connectivity index (χ0v) is 10.3. The minimum atomic E-state index is 0.110. The van der Waals surface area contributed by atoms with Crippen molar-refractivity contribution < 1.29 is 0 Å². The Balaban J connectivity index is 2.37. The zero-order chi connectivity index (χ0) is 11.1. The molecule has 0 unspecified atom stereocenters. The van der Waals surface area contributed by atoms with E-state index in [1.54, 1.807) is 4.57 Å². The van der Waals surface area contributed by atoms with Crippen LogP contribution in [0.1, 0.15) is 17.8 Å². The number of rotatable bonds is 1. The number of aromatic nitrogens is 2. The lowest BCUT2D eigenvalue weighted by Gasteiger charge is -2.05.